The molecule has 1 aliphatic rings. The number of rotatable bonds is 8. The molecule has 0 bridgehead atoms. The van der Waals surface area contributed by atoms with E-state index in [1.54, 1.807) is 0 Å². The average Bonchev–Trinajstić information content (AvgIpc) is 3.55. The lowest BCUT2D eigenvalue weighted by atomic mass is 9.94. The summed E-state index contributed by atoms with van der Waals surface area (Å²) in [5.74, 6) is -0.458. The van der Waals surface area contributed by atoms with Crippen LogP contribution in [0.15, 0.2) is 89.5 Å². The van der Waals surface area contributed by atoms with Crippen molar-refractivity contribution in [2.24, 2.45) is 5.10 Å². The van der Waals surface area contributed by atoms with Crippen molar-refractivity contribution < 1.29 is 14.5 Å². The van der Waals surface area contributed by atoms with Gasteiger partial charge in [0, 0.05) is 16.7 Å². The van der Waals surface area contributed by atoms with Gasteiger partial charge < -0.3 is 5.11 Å². The van der Waals surface area contributed by atoms with E-state index in [2.05, 4.69) is 27.5 Å². The fraction of sp³-hybridized carbons (Fsp3) is 0.179. The van der Waals surface area contributed by atoms with Crippen LogP contribution in [0.25, 0.3) is 28.2 Å². The molecule has 1 unspecified atom stereocenters. The topological polar surface area (TPSA) is 104 Å². The SMILES string of the molecule is CCCC[N+]1(C)N=C(c2ccc(-c3ccccc3-c3nn[nH]n3)cc2)C(C(=O)O)=C1c1ccccc1. The van der Waals surface area contributed by atoms with Crippen LogP contribution in [0, 0.1) is 0 Å². The average molecular weight is 480 g/mol. The number of benzene rings is 3. The molecular formula is C28H27N6O2+. The van der Waals surface area contributed by atoms with Gasteiger partial charge in [-0.2, -0.15) is 9.81 Å². The number of unbranched alkanes of at least 4 members (excludes halogenated alkanes) is 1. The molecule has 8 heteroatoms. The zero-order chi connectivity index (χ0) is 25.1. The second kappa shape index (κ2) is 9.67. The number of aliphatic carboxylic acids is 1. The molecule has 36 heavy (non-hydrogen) atoms. The molecule has 0 saturated carbocycles. The summed E-state index contributed by atoms with van der Waals surface area (Å²) in [4.78, 5) is 12.6. The highest BCUT2D eigenvalue weighted by Gasteiger charge is 2.44. The molecule has 1 aromatic heterocycles. The van der Waals surface area contributed by atoms with Gasteiger partial charge in [0.1, 0.15) is 12.3 Å². The lowest BCUT2D eigenvalue weighted by Gasteiger charge is -2.26. The van der Waals surface area contributed by atoms with E-state index in [4.69, 9.17) is 5.10 Å². The predicted molar refractivity (Wildman–Crippen MR) is 139 cm³/mol. The summed E-state index contributed by atoms with van der Waals surface area (Å²) in [5.41, 5.74) is 5.89. The number of nitrogens with zero attached hydrogens (tertiary/aromatic N) is 5. The van der Waals surface area contributed by atoms with E-state index in [0.29, 0.717) is 11.5 Å². The molecule has 3 aromatic carbocycles. The number of quaternary nitrogens is 1. The van der Waals surface area contributed by atoms with Gasteiger partial charge >= 0.3 is 5.97 Å². The Morgan fingerprint density at radius 3 is 2.19 bits per heavy atom. The highest BCUT2D eigenvalue weighted by molar-refractivity contribution is 6.30. The number of carboxylic acids is 1. The summed E-state index contributed by atoms with van der Waals surface area (Å²) in [7, 11) is 1.99. The maximum atomic E-state index is 12.6. The minimum Gasteiger partial charge on any atom is -0.477 e. The molecule has 1 atom stereocenters. The Balaban J connectivity index is 1.60. The monoisotopic (exact) mass is 479 g/mol. The third-order valence-corrected chi connectivity index (χ3v) is 6.47. The van der Waals surface area contributed by atoms with Gasteiger partial charge in [-0.1, -0.05) is 85.2 Å². The third kappa shape index (κ3) is 4.23. The number of H-pyrrole nitrogens is 1. The van der Waals surface area contributed by atoms with Crippen LogP contribution in [0.3, 0.4) is 0 Å². The van der Waals surface area contributed by atoms with Crippen LogP contribution in [0.4, 0.5) is 0 Å². The molecule has 0 aliphatic carbocycles. The maximum Gasteiger partial charge on any atom is 0.344 e. The standard InChI is InChI=1S/C28H26N6O2/c1-3-4-18-34(2)26(21-10-6-5-7-11-21)24(28(35)36)25(31-34)20-16-14-19(15-17-20)22-12-8-9-13-23(22)27-29-32-33-30-27/h5-17H,3-4,18H2,1-2H3,(H-,29,30,31,32,33,35,36)/p+1. The Labute approximate surface area is 209 Å². The van der Waals surface area contributed by atoms with E-state index in [0.717, 1.165) is 52.9 Å². The van der Waals surface area contributed by atoms with Crippen LogP contribution < -0.4 is 0 Å². The van der Waals surface area contributed by atoms with Crippen molar-refractivity contribution in [3.05, 3.63) is 95.6 Å². The van der Waals surface area contributed by atoms with Crippen LogP contribution in [0.1, 0.15) is 30.9 Å². The molecule has 2 N–H and O–H groups in total. The summed E-state index contributed by atoms with van der Waals surface area (Å²) in [6, 6.07) is 25.4. The predicted octanol–water partition coefficient (Wildman–Crippen LogP) is 4.99. The number of aromatic amines is 1. The van der Waals surface area contributed by atoms with Gasteiger partial charge in [-0.15, -0.1) is 10.2 Å². The largest absolute Gasteiger partial charge is 0.477 e. The van der Waals surface area contributed by atoms with Gasteiger partial charge in [0.25, 0.3) is 0 Å². The molecule has 180 valence electrons. The van der Waals surface area contributed by atoms with Crippen molar-refractivity contribution in [3.8, 4) is 22.5 Å². The van der Waals surface area contributed by atoms with E-state index >= 15 is 0 Å². The highest BCUT2D eigenvalue weighted by atomic mass is 16.4. The van der Waals surface area contributed by atoms with E-state index < -0.39 is 5.97 Å². The van der Waals surface area contributed by atoms with E-state index in [9.17, 15) is 9.90 Å². The number of aromatic nitrogens is 4. The number of hydrogen-bond acceptors (Lipinski definition) is 5. The highest BCUT2D eigenvalue weighted by Crippen LogP contribution is 2.39. The van der Waals surface area contributed by atoms with Gasteiger partial charge in [0.2, 0.25) is 5.82 Å². The van der Waals surface area contributed by atoms with Crippen molar-refractivity contribution in [1.82, 2.24) is 20.6 Å². The van der Waals surface area contributed by atoms with Crippen molar-refractivity contribution in [2.75, 3.05) is 13.6 Å². The molecule has 1 aliphatic heterocycles. The number of carbonyl (C=O) groups is 1. The zero-order valence-corrected chi connectivity index (χ0v) is 20.2. The lowest BCUT2D eigenvalue weighted by Crippen LogP contribution is -2.36. The molecule has 2 heterocycles. The van der Waals surface area contributed by atoms with Crippen LogP contribution >= 0.6 is 0 Å². The number of tetrazole rings is 1. The van der Waals surface area contributed by atoms with Gasteiger partial charge in [-0.05, 0) is 34.9 Å². The molecule has 8 nitrogen and oxygen atoms in total. The summed E-state index contributed by atoms with van der Waals surface area (Å²) in [5, 5.41) is 29.8. The van der Waals surface area contributed by atoms with Crippen molar-refractivity contribution in [2.45, 2.75) is 19.8 Å². The van der Waals surface area contributed by atoms with Gasteiger partial charge in [0.15, 0.2) is 11.3 Å². The first-order chi connectivity index (χ1) is 17.5. The molecular weight excluding hydrogens is 452 g/mol. The molecule has 0 spiro atoms. The molecule has 0 saturated heterocycles. The quantitative estimate of drug-likeness (QED) is 0.346. The normalized spacial score (nSPS) is 17.3. The zero-order valence-electron chi connectivity index (χ0n) is 20.2. The lowest BCUT2D eigenvalue weighted by molar-refractivity contribution is -0.844. The summed E-state index contributed by atoms with van der Waals surface area (Å²) >= 11 is 0. The van der Waals surface area contributed by atoms with E-state index in [1.165, 1.54) is 0 Å². The summed E-state index contributed by atoms with van der Waals surface area (Å²) in [6.45, 7) is 2.85. The molecule has 5 rings (SSSR count). The summed E-state index contributed by atoms with van der Waals surface area (Å²) < 4.78 is 0.206. The molecule has 4 aromatic rings. The number of hydrogen-bond donors (Lipinski definition) is 2. The Kier molecular flexibility index (Phi) is 6.26. The van der Waals surface area contributed by atoms with Crippen LogP contribution in [0.5, 0.6) is 0 Å². The van der Waals surface area contributed by atoms with Gasteiger partial charge in [-0.25, -0.2) is 4.79 Å². The van der Waals surface area contributed by atoms with Gasteiger partial charge in [-0.3, -0.25) is 0 Å². The maximum absolute atomic E-state index is 12.6. The smallest absolute Gasteiger partial charge is 0.344 e. The van der Waals surface area contributed by atoms with E-state index in [1.807, 2.05) is 85.9 Å². The number of carboxylic acid groups (broad SMARTS) is 1. The minimum atomic E-state index is -0.975. The Bertz CT molecular complexity index is 1440. The van der Waals surface area contributed by atoms with Crippen molar-refractivity contribution in [3.63, 3.8) is 0 Å². The Hall–Kier alpha value is -4.43. The van der Waals surface area contributed by atoms with Crippen LogP contribution in [-0.4, -0.2) is 55.6 Å². The van der Waals surface area contributed by atoms with E-state index in [-0.39, 0.29) is 10.2 Å². The Morgan fingerprint density at radius 2 is 1.56 bits per heavy atom. The molecule has 0 amide bonds. The minimum absolute atomic E-state index is 0.206. The molecule has 0 radical (unpaired) electrons. The Morgan fingerprint density at radius 1 is 0.889 bits per heavy atom. The first-order valence-electron chi connectivity index (χ1n) is 11.9. The fourth-order valence-corrected chi connectivity index (χ4v) is 4.74. The summed E-state index contributed by atoms with van der Waals surface area (Å²) in [6.07, 6.45) is 1.93. The fourth-order valence-electron chi connectivity index (χ4n) is 4.74. The third-order valence-electron chi connectivity index (χ3n) is 6.47. The van der Waals surface area contributed by atoms with Crippen LogP contribution in [-0.2, 0) is 4.79 Å². The van der Waals surface area contributed by atoms with Crippen molar-refractivity contribution >= 4 is 17.4 Å². The first-order valence-corrected chi connectivity index (χ1v) is 11.9. The molecule has 0 fully saturated rings. The second-order valence-electron chi connectivity index (χ2n) is 8.92. The van der Waals surface area contributed by atoms with Crippen LogP contribution in [0.2, 0.25) is 0 Å². The first kappa shape index (κ1) is 23.3. The second-order valence-corrected chi connectivity index (χ2v) is 8.92. The van der Waals surface area contributed by atoms with Gasteiger partial charge in [0.05, 0.1) is 7.05 Å². The number of nitrogens with one attached hydrogen (secondary N) is 1. The van der Waals surface area contributed by atoms with Crippen molar-refractivity contribution in [1.29, 1.82) is 0 Å².